The first-order valence-electron chi connectivity index (χ1n) is 11.0. The van der Waals surface area contributed by atoms with Crippen molar-refractivity contribution >= 4 is 15.8 Å². The van der Waals surface area contributed by atoms with Crippen LogP contribution in [0.4, 0.5) is 5.82 Å². The highest BCUT2D eigenvalue weighted by atomic mass is 32.2. The second-order valence-corrected chi connectivity index (χ2v) is 10.9. The van der Waals surface area contributed by atoms with Gasteiger partial charge >= 0.3 is 0 Å². The Morgan fingerprint density at radius 1 is 1.13 bits per heavy atom. The van der Waals surface area contributed by atoms with Crippen LogP contribution in [0.15, 0.2) is 17.6 Å². The third-order valence-corrected chi connectivity index (χ3v) is 8.32. The van der Waals surface area contributed by atoms with E-state index in [1.165, 1.54) is 24.7 Å². The number of anilines is 1. The lowest BCUT2D eigenvalue weighted by atomic mass is 9.97. The molecule has 9 heteroatoms. The Labute approximate surface area is 178 Å². The van der Waals surface area contributed by atoms with Gasteiger partial charge in [0.1, 0.15) is 11.6 Å². The maximum absolute atomic E-state index is 13.1. The second kappa shape index (κ2) is 7.60. The highest BCUT2D eigenvalue weighted by molar-refractivity contribution is 7.89. The van der Waals surface area contributed by atoms with Crippen molar-refractivity contribution in [2.24, 2.45) is 13.0 Å². The van der Waals surface area contributed by atoms with Gasteiger partial charge in [-0.1, -0.05) is 0 Å². The molecule has 4 heterocycles. The van der Waals surface area contributed by atoms with Gasteiger partial charge in [0.2, 0.25) is 0 Å². The first-order valence-corrected chi connectivity index (χ1v) is 12.5. The second-order valence-electron chi connectivity index (χ2n) is 9.04. The average Bonchev–Trinajstić information content (AvgIpc) is 3.45. The molecule has 1 unspecified atom stereocenters. The first kappa shape index (κ1) is 19.9. The van der Waals surface area contributed by atoms with Gasteiger partial charge in [0, 0.05) is 56.6 Å². The number of piperidine rings is 1. The van der Waals surface area contributed by atoms with E-state index in [-0.39, 0.29) is 10.9 Å². The molecule has 1 saturated carbocycles. The van der Waals surface area contributed by atoms with Crippen molar-refractivity contribution in [2.75, 3.05) is 31.1 Å². The molecule has 1 atom stereocenters. The molecule has 0 N–H and O–H groups in total. The van der Waals surface area contributed by atoms with Gasteiger partial charge in [-0.05, 0) is 51.4 Å². The summed E-state index contributed by atoms with van der Waals surface area (Å²) in [5.74, 6) is 2.73. The van der Waals surface area contributed by atoms with E-state index in [9.17, 15) is 8.42 Å². The lowest BCUT2D eigenvalue weighted by Gasteiger charge is -2.34. The molecular formula is C21H30N6O2S. The number of fused-ring (bicyclic) bond motifs is 1. The van der Waals surface area contributed by atoms with E-state index in [0.29, 0.717) is 13.1 Å². The number of hydrogen-bond acceptors (Lipinski definition) is 6. The Morgan fingerprint density at radius 3 is 2.70 bits per heavy atom. The SMILES string of the molecule is Cc1nc(C2CCCN(S(=O)(=O)c3cn(C)cn3)C2)nc2c1CCCN2CC1CC1. The number of nitrogens with zero attached hydrogens (tertiary/aromatic N) is 6. The molecule has 2 aliphatic heterocycles. The fraction of sp³-hybridized carbons (Fsp3) is 0.667. The number of aryl methyl sites for hydroxylation is 2. The molecule has 2 fully saturated rings. The van der Waals surface area contributed by atoms with Crippen LogP contribution >= 0.6 is 0 Å². The van der Waals surface area contributed by atoms with Crippen LogP contribution in [0.25, 0.3) is 0 Å². The standard InChI is InChI=1S/C21H30N6O2S/c1-15-18-6-4-9-26(11-16-7-8-16)21(18)24-20(23-15)17-5-3-10-27(12-17)30(28,29)19-13-25(2)14-22-19/h13-14,16-17H,3-12H2,1-2H3. The van der Waals surface area contributed by atoms with Gasteiger partial charge in [0.15, 0.2) is 5.03 Å². The fourth-order valence-electron chi connectivity index (χ4n) is 4.71. The molecule has 5 rings (SSSR count). The van der Waals surface area contributed by atoms with Crippen LogP contribution in [-0.2, 0) is 23.5 Å². The summed E-state index contributed by atoms with van der Waals surface area (Å²) in [6, 6.07) is 0. The minimum Gasteiger partial charge on any atom is -0.356 e. The van der Waals surface area contributed by atoms with Crippen LogP contribution in [0.2, 0.25) is 0 Å². The van der Waals surface area contributed by atoms with Crippen molar-refractivity contribution in [3.63, 3.8) is 0 Å². The Kier molecular flexibility index (Phi) is 5.05. The number of sulfonamides is 1. The van der Waals surface area contributed by atoms with Crippen LogP contribution in [0.3, 0.4) is 0 Å². The molecule has 3 aliphatic rings. The zero-order valence-electron chi connectivity index (χ0n) is 17.8. The molecule has 1 saturated heterocycles. The van der Waals surface area contributed by atoms with Gasteiger partial charge in [-0.2, -0.15) is 4.31 Å². The summed E-state index contributed by atoms with van der Waals surface area (Å²) in [5, 5.41) is 0.115. The van der Waals surface area contributed by atoms with Gasteiger partial charge in [-0.3, -0.25) is 0 Å². The van der Waals surface area contributed by atoms with E-state index in [0.717, 1.165) is 62.0 Å². The molecule has 0 spiro atoms. The maximum atomic E-state index is 13.1. The topological polar surface area (TPSA) is 84.2 Å². The summed E-state index contributed by atoms with van der Waals surface area (Å²) in [6.45, 7) is 5.17. The molecule has 0 radical (unpaired) electrons. The van der Waals surface area contributed by atoms with Crippen LogP contribution < -0.4 is 4.90 Å². The predicted molar refractivity (Wildman–Crippen MR) is 114 cm³/mol. The largest absolute Gasteiger partial charge is 0.356 e. The summed E-state index contributed by atoms with van der Waals surface area (Å²) in [6.07, 6.45) is 9.65. The molecule has 2 aromatic heterocycles. The maximum Gasteiger partial charge on any atom is 0.262 e. The van der Waals surface area contributed by atoms with Gasteiger partial charge in [0.25, 0.3) is 10.0 Å². The lowest BCUT2D eigenvalue weighted by Crippen LogP contribution is -2.40. The van der Waals surface area contributed by atoms with E-state index >= 15 is 0 Å². The fourth-order valence-corrected chi connectivity index (χ4v) is 6.20. The molecule has 30 heavy (non-hydrogen) atoms. The Morgan fingerprint density at radius 2 is 1.97 bits per heavy atom. The summed E-state index contributed by atoms with van der Waals surface area (Å²) >= 11 is 0. The van der Waals surface area contributed by atoms with E-state index < -0.39 is 10.0 Å². The van der Waals surface area contributed by atoms with Gasteiger partial charge in [-0.25, -0.2) is 23.4 Å². The van der Waals surface area contributed by atoms with E-state index in [1.54, 1.807) is 22.1 Å². The first-order chi connectivity index (χ1) is 14.4. The van der Waals surface area contributed by atoms with Gasteiger partial charge in [0.05, 0.1) is 6.33 Å². The lowest BCUT2D eigenvalue weighted by molar-refractivity contribution is 0.308. The smallest absolute Gasteiger partial charge is 0.262 e. The van der Waals surface area contributed by atoms with Gasteiger partial charge < -0.3 is 9.47 Å². The van der Waals surface area contributed by atoms with E-state index in [4.69, 9.17) is 9.97 Å². The summed E-state index contributed by atoms with van der Waals surface area (Å²) < 4.78 is 29.3. The molecule has 0 amide bonds. The molecular weight excluding hydrogens is 400 g/mol. The molecule has 8 nitrogen and oxygen atoms in total. The number of hydrogen-bond donors (Lipinski definition) is 0. The zero-order chi connectivity index (χ0) is 20.9. The van der Waals surface area contributed by atoms with E-state index in [2.05, 4.69) is 16.8 Å². The Balaban J connectivity index is 1.42. The van der Waals surface area contributed by atoms with Crippen LogP contribution in [0.5, 0.6) is 0 Å². The van der Waals surface area contributed by atoms with Crippen molar-refractivity contribution in [2.45, 2.75) is 56.4 Å². The number of rotatable bonds is 5. The molecule has 1 aliphatic carbocycles. The van der Waals surface area contributed by atoms with Crippen molar-refractivity contribution in [1.82, 2.24) is 23.8 Å². The Bertz CT molecular complexity index is 1050. The molecule has 0 bridgehead atoms. The van der Waals surface area contributed by atoms with Crippen LogP contribution in [0, 0.1) is 12.8 Å². The van der Waals surface area contributed by atoms with Crippen molar-refractivity contribution in [3.05, 3.63) is 29.6 Å². The van der Waals surface area contributed by atoms with Crippen molar-refractivity contribution in [3.8, 4) is 0 Å². The van der Waals surface area contributed by atoms with Crippen molar-refractivity contribution in [1.29, 1.82) is 0 Å². The summed E-state index contributed by atoms with van der Waals surface area (Å²) in [7, 11) is -1.81. The van der Waals surface area contributed by atoms with Crippen LogP contribution in [0.1, 0.15) is 55.1 Å². The minimum atomic E-state index is -3.59. The average molecular weight is 431 g/mol. The predicted octanol–water partition coefficient (Wildman–Crippen LogP) is 2.25. The zero-order valence-corrected chi connectivity index (χ0v) is 18.6. The van der Waals surface area contributed by atoms with Gasteiger partial charge in [-0.15, -0.1) is 0 Å². The third kappa shape index (κ3) is 3.73. The quantitative estimate of drug-likeness (QED) is 0.723. The van der Waals surface area contributed by atoms with Crippen LogP contribution in [-0.4, -0.2) is 58.4 Å². The van der Waals surface area contributed by atoms with E-state index in [1.807, 2.05) is 0 Å². The third-order valence-electron chi connectivity index (χ3n) is 6.57. The molecule has 0 aromatic carbocycles. The highest BCUT2D eigenvalue weighted by Gasteiger charge is 2.35. The highest BCUT2D eigenvalue weighted by Crippen LogP contribution is 2.36. The van der Waals surface area contributed by atoms with Crippen molar-refractivity contribution < 1.29 is 8.42 Å². The number of aromatic nitrogens is 4. The monoisotopic (exact) mass is 430 g/mol. The summed E-state index contributed by atoms with van der Waals surface area (Å²) in [4.78, 5) is 16.4. The number of imidazole rings is 1. The molecule has 162 valence electrons. The summed E-state index contributed by atoms with van der Waals surface area (Å²) in [5.41, 5.74) is 2.33. The molecule has 2 aromatic rings. The minimum absolute atomic E-state index is 0.0194. The Hall–Kier alpha value is -2.00. The normalized spacial score (nSPS) is 22.9.